The molecule has 4 aromatic heterocycles. The Hall–Kier alpha value is -0.210. The van der Waals surface area contributed by atoms with Crippen LogP contribution in [0, 0.1) is 26.6 Å². The van der Waals surface area contributed by atoms with Gasteiger partial charge in [-0.25, -0.2) is 0 Å². The summed E-state index contributed by atoms with van der Waals surface area (Å²) in [6.07, 6.45) is 3.79. The Morgan fingerprint density at radius 3 is 1.82 bits per heavy atom. The van der Waals surface area contributed by atoms with Gasteiger partial charge in [0.05, 0.1) is 22.0 Å². The van der Waals surface area contributed by atoms with Crippen molar-refractivity contribution in [1.29, 1.82) is 0 Å². The minimum atomic E-state index is -0.969. The van der Waals surface area contributed by atoms with Crippen molar-refractivity contribution < 1.29 is 109 Å². The minimum Gasteiger partial charge on any atom is -0.854 e. The van der Waals surface area contributed by atoms with Crippen LogP contribution in [-0.2, 0) is 13.5 Å². The average Bonchev–Trinajstić information content (AvgIpc) is 3.37. The van der Waals surface area contributed by atoms with Crippen LogP contribution < -0.4 is 98.9 Å². The zero-order chi connectivity index (χ0) is 22.4. The maximum Gasteiger partial charge on any atom is 1.00 e. The first-order valence-corrected chi connectivity index (χ1v) is 10.4. The molecule has 0 unspecified atom stereocenters. The molecule has 166 valence electrons. The van der Waals surface area contributed by atoms with Crippen molar-refractivity contribution in [2.24, 2.45) is 0 Å². The van der Waals surface area contributed by atoms with Crippen molar-refractivity contribution in [3.63, 3.8) is 0 Å². The summed E-state index contributed by atoms with van der Waals surface area (Å²) in [4.78, 5) is 27.9. The Kier molecular flexibility index (Phi) is 20.4. The van der Waals surface area contributed by atoms with E-state index < -0.39 is 33.2 Å². The number of thioether (sulfide) groups is 1. The molecular formula is C10H9IN12Na3O6S2+. The van der Waals surface area contributed by atoms with Crippen LogP contribution in [0.2, 0.25) is 0 Å². The number of rotatable bonds is 3. The van der Waals surface area contributed by atoms with E-state index in [0.717, 1.165) is 4.52 Å². The predicted molar refractivity (Wildman–Crippen MR) is 111 cm³/mol. The Morgan fingerprint density at radius 1 is 0.882 bits per heavy atom. The van der Waals surface area contributed by atoms with Crippen LogP contribution in [0.1, 0.15) is 0 Å². The molecule has 0 aromatic carbocycles. The summed E-state index contributed by atoms with van der Waals surface area (Å²) in [5.74, 6) is -3.81. The number of aromatic nitrogens is 10. The van der Waals surface area contributed by atoms with Crippen LogP contribution in [0.25, 0.3) is 11.6 Å². The summed E-state index contributed by atoms with van der Waals surface area (Å²) in [7, 11) is 0. The van der Waals surface area contributed by atoms with Crippen molar-refractivity contribution in [3.05, 3.63) is 26.6 Å². The smallest absolute Gasteiger partial charge is 0.854 e. The van der Waals surface area contributed by atoms with E-state index in [2.05, 4.69) is 69.5 Å². The van der Waals surface area contributed by atoms with Crippen molar-refractivity contribution in [2.45, 2.75) is 5.16 Å². The van der Waals surface area contributed by atoms with Gasteiger partial charge in [0.1, 0.15) is 5.78 Å². The quantitative estimate of drug-likeness (QED) is 0.0291. The van der Waals surface area contributed by atoms with Crippen LogP contribution in [0.3, 0.4) is 0 Å². The zero-order valence-electron chi connectivity index (χ0n) is 18.2. The molecule has 0 aliphatic rings. The first-order valence-electron chi connectivity index (χ1n) is 7.01. The molecule has 4 aromatic rings. The second-order valence-corrected chi connectivity index (χ2v) is 5.18. The summed E-state index contributed by atoms with van der Waals surface area (Å²) in [5.41, 5.74) is 0. The molecule has 0 radical (unpaired) electrons. The molecule has 0 aliphatic heterocycles. The summed E-state index contributed by atoms with van der Waals surface area (Å²) in [5, 5.41) is 63.4. The molecule has 34 heavy (non-hydrogen) atoms. The molecule has 0 atom stereocenters. The van der Waals surface area contributed by atoms with Gasteiger partial charge in [0, 0.05) is 5.10 Å². The molecule has 0 fully saturated rings. The maximum absolute atomic E-state index is 11.4. The minimum absolute atomic E-state index is 0. The first-order chi connectivity index (χ1) is 14.3. The van der Waals surface area contributed by atoms with Gasteiger partial charge in [-0.15, -0.1) is 5.10 Å². The van der Waals surface area contributed by atoms with Crippen LogP contribution in [0.4, 0.5) is 11.6 Å². The predicted octanol–water partition coefficient (Wildman–Crippen LogP) is -11.2. The van der Waals surface area contributed by atoms with E-state index in [4.69, 9.17) is 0 Å². The average molecular weight is 653 g/mol. The Labute approximate surface area is 280 Å². The Morgan fingerprint density at radius 2 is 1.35 bits per heavy atom. The van der Waals surface area contributed by atoms with Crippen LogP contribution in [0.15, 0.2) is 5.16 Å². The molecule has 0 amide bonds. The van der Waals surface area contributed by atoms with E-state index in [1.807, 2.05) is 4.93 Å². The number of hydrogen-bond acceptors (Lipinski definition) is 15. The van der Waals surface area contributed by atoms with E-state index >= 15 is 0 Å². The molecular weight excluding hydrogens is 644 g/mol. The van der Waals surface area contributed by atoms with Crippen LogP contribution >= 0.6 is 34.4 Å². The molecule has 24 heteroatoms. The molecule has 0 bridgehead atoms. The Bertz CT molecular complexity index is 1230. The van der Waals surface area contributed by atoms with E-state index in [-0.39, 0.29) is 114 Å². The maximum atomic E-state index is 11.4. The number of nitro groups is 2. The molecule has 4 heterocycles. The van der Waals surface area contributed by atoms with Crippen molar-refractivity contribution in [1.82, 2.24) is 49.6 Å². The monoisotopic (exact) mass is 653 g/mol. The van der Waals surface area contributed by atoms with E-state index in [0.29, 0.717) is 9.67 Å². The van der Waals surface area contributed by atoms with Crippen molar-refractivity contribution in [2.75, 3.05) is 11.2 Å². The SMILES string of the molecule is CI.CSc1nc2nnc([N+](=O)[O-])c([O-])n2n1.O=[N+]([O-])c1nnc2n[c-]nn2c1[O-].[Na+].[Na+].[Na+].[SH3+]. The van der Waals surface area contributed by atoms with Crippen LogP contribution in [0.5, 0.6) is 11.8 Å². The number of nitrogens with zero attached hydrogens (tertiary/aromatic N) is 12. The molecule has 0 saturated heterocycles. The molecule has 18 nitrogen and oxygen atoms in total. The summed E-state index contributed by atoms with van der Waals surface area (Å²) < 4.78 is 1.42. The number of hydrogen-bond donors (Lipinski definition) is 0. The Balaban J connectivity index is -0.000000477. The van der Waals surface area contributed by atoms with Gasteiger partial charge in [-0.2, -0.15) is 9.50 Å². The number of halogens is 1. The molecule has 0 aliphatic carbocycles. The van der Waals surface area contributed by atoms with Gasteiger partial charge in [0.2, 0.25) is 5.16 Å². The third kappa shape index (κ3) is 9.02. The fourth-order valence-electron chi connectivity index (χ4n) is 1.67. The normalized spacial score (nSPS) is 8.91. The van der Waals surface area contributed by atoms with Gasteiger partial charge in [-0.1, -0.05) is 52.9 Å². The van der Waals surface area contributed by atoms with Gasteiger partial charge >= 0.3 is 100 Å². The topological polar surface area (TPSA) is 244 Å². The fraction of sp³-hybridized carbons (Fsp3) is 0.200. The van der Waals surface area contributed by atoms with E-state index in [9.17, 15) is 30.4 Å². The third-order valence-electron chi connectivity index (χ3n) is 2.82. The second-order valence-electron chi connectivity index (χ2n) is 4.41. The molecule has 0 N–H and O–H groups in total. The van der Waals surface area contributed by atoms with Gasteiger partial charge in [0.15, 0.2) is 0 Å². The van der Waals surface area contributed by atoms with E-state index in [1.165, 1.54) is 11.8 Å². The molecule has 0 spiro atoms. The van der Waals surface area contributed by atoms with Crippen LogP contribution in [-0.4, -0.2) is 70.6 Å². The third-order valence-corrected chi connectivity index (χ3v) is 3.36. The van der Waals surface area contributed by atoms with Gasteiger partial charge < -0.3 is 35.4 Å². The largest absolute Gasteiger partial charge is 1.00 e. The number of fused-ring (bicyclic) bond motifs is 2. The second kappa shape index (κ2) is 18.1. The van der Waals surface area contributed by atoms with Gasteiger partial charge in [-0.3, -0.25) is 9.61 Å². The van der Waals surface area contributed by atoms with Crippen molar-refractivity contribution >= 4 is 71.0 Å². The fourth-order valence-corrected chi connectivity index (χ4v) is 2.00. The molecule has 0 saturated carbocycles. The van der Waals surface area contributed by atoms with Crippen molar-refractivity contribution in [3.8, 4) is 11.8 Å². The summed E-state index contributed by atoms with van der Waals surface area (Å²) in [6.45, 7) is 0. The van der Waals surface area contributed by atoms with Gasteiger partial charge in [-0.05, 0) is 27.4 Å². The number of alkyl halides is 1. The first kappa shape index (κ1) is 38.3. The zero-order valence-corrected chi connectivity index (χ0v) is 28.3. The molecule has 4 rings (SSSR count). The van der Waals surface area contributed by atoms with E-state index in [1.54, 1.807) is 6.26 Å². The van der Waals surface area contributed by atoms with Gasteiger partial charge in [0.25, 0.3) is 5.78 Å². The standard InChI is InChI=1S/C5H4N6O3S.C4HN6O3.CH3I.3Na.H2S/c1-15-5-6-4-8-7-2(11(13)14)3(12)10(4)9-5;11-3-2(10(12)13)7-8-4-5-1-6-9(3)4;1-2;;;;/h12H,1H3;11H;1H3;;;;1H2/q;-1;;3*+1;/p-1. The summed E-state index contributed by atoms with van der Waals surface area (Å²) in [6, 6.07) is 0. The summed E-state index contributed by atoms with van der Waals surface area (Å²) >= 11 is 3.35.